The van der Waals surface area contributed by atoms with Gasteiger partial charge in [0.05, 0.1) is 12.7 Å². The second-order valence-electron chi connectivity index (χ2n) is 6.37. The van der Waals surface area contributed by atoms with Gasteiger partial charge in [0.15, 0.2) is 6.10 Å². The van der Waals surface area contributed by atoms with E-state index in [1.807, 2.05) is 0 Å². The Labute approximate surface area is 185 Å². The summed E-state index contributed by atoms with van der Waals surface area (Å²) in [6, 6.07) is 10.7. The third kappa shape index (κ3) is 5.27. The summed E-state index contributed by atoms with van der Waals surface area (Å²) in [7, 11) is -2.51. The number of sulfonamides is 1. The van der Waals surface area contributed by atoms with Crippen LogP contribution in [-0.2, 0) is 14.8 Å². The van der Waals surface area contributed by atoms with Crippen molar-refractivity contribution < 1.29 is 27.5 Å². The van der Waals surface area contributed by atoms with E-state index in [4.69, 9.17) is 9.47 Å². The lowest BCUT2D eigenvalue weighted by atomic mass is 10.1. The largest absolute Gasteiger partial charge is 0.495 e. The molecule has 2 aromatic carbocycles. The molecule has 0 N–H and O–H groups in total. The summed E-state index contributed by atoms with van der Waals surface area (Å²) in [5, 5.41) is 0. The molecular formula is C21H24BrNO6S. The minimum Gasteiger partial charge on any atom is -0.495 e. The highest BCUT2D eigenvalue weighted by molar-refractivity contribution is 9.10. The molecule has 7 nitrogen and oxygen atoms in total. The number of halogens is 1. The summed E-state index contributed by atoms with van der Waals surface area (Å²) in [5.41, 5.74) is 0.412. The molecule has 0 saturated heterocycles. The van der Waals surface area contributed by atoms with Gasteiger partial charge in [-0.3, -0.25) is 4.79 Å². The number of nitrogens with zero attached hydrogens (tertiary/aromatic N) is 1. The molecule has 0 amide bonds. The second kappa shape index (κ2) is 10.2. The van der Waals surface area contributed by atoms with Crippen molar-refractivity contribution in [3.8, 4) is 5.75 Å². The summed E-state index contributed by atoms with van der Waals surface area (Å²) >= 11 is 3.30. The van der Waals surface area contributed by atoms with Gasteiger partial charge < -0.3 is 9.47 Å². The van der Waals surface area contributed by atoms with Gasteiger partial charge in [-0.1, -0.05) is 41.9 Å². The number of hydrogen-bond donors (Lipinski definition) is 0. The first-order valence-electron chi connectivity index (χ1n) is 9.34. The van der Waals surface area contributed by atoms with E-state index in [0.29, 0.717) is 5.56 Å². The van der Waals surface area contributed by atoms with E-state index in [2.05, 4.69) is 15.9 Å². The molecule has 2 rings (SSSR count). The fourth-order valence-electron chi connectivity index (χ4n) is 2.84. The second-order valence-corrected chi connectivity index (χ2v) is 9.20. The Morgan fingerprint density at radius 1 is 1.03 bits per heavy atom. The molecule has 0 aliphatic carbocycles. The first-order chi connectivity index (χ1) is 14.1. The Kier molecular flexibility index (Phi) is 8.17. The maximum absolute atomic E-state index is 12.9. The average Bonchev–Trinajstić information content (AvgIpc) is 2.73. The highest BCUT2D eigenvalue weighted by Gasteiger charge is 2.28. The maximum Gasteiger partial charge on any atom is 0.338 e. The molecule has 0 saturated carbocycles. The maximum atomic E-state index is 12.9. The molecule has 0 radical (unpaired) electrons. The van der Waals surface area contributed by atoms with Crippen LogP contribution in [0.4, 0.5) is 0 Å². The molecule has 2 aromatic rings. The van der Waals surface area contributed by atoms with E-state index in [-0.39, 0.29) is 35.1 Å². The number of methoxy groups -OCH3 is 1. The minimum absolute atomic E-state index is 0.0111. The number of carbonyl (C=O) groups is 2. The molecule has 1 unspecified atom stereocenters. The van der Waals surface area contributed by atoms with Gasteiger partial charge in [0.25, 0.3) is 0 Å². The molecule has 0 heterocycles. The molecule has 162 valence electrons. The number of ketones is 1. The fraction of sp³-hybridized carbons (Fsp3) is 0.333. The van der Waals surface area contributed by atoms with Crippen molar-refractivity contribution in [2.75, 3.05) is 20.2 Å². The Bertz CT molecular complexity index is 1020. The number of Topliss-reactive ketones (excluding diaryl/α,β-unsaturated/α-hetero) is 1. The number of hydrogen-bond acceptors (Lipinski definition) is 6. The van der Waals surface area contributed by atoms with Crippen molar-refractivity contribution >= 4 is 37.7 Å². The first kappa shape index (κ1) is 24.0. The van der Waals surface area contributed by atoms with Crippen molar-refractivity contribution in [3.05, 3.63) is 58.1 Å². The smallest absolute Gasteiger partial charge is 0.338 e. The van der Waals surface area contributed by atoms with Crippen molar-refractivity contribution in [2.45, 2.75) is 31.8 Å². The third-order valence-corrected chi connectivity index (χ3v) is 7.10. The Morgan fingerprint density at radius 2 is 1.60 bits per heavy atom. The number of ether oxygens (including phenoxy) is 2. The van der Waals surface area contributed by atoms with Crippen LogP contribution in [0.25, 0.3) is 0 Å². The lowest BCUT2D eigenvalue weighted by molar-refractivity contribution is 0.0318. The van der Waals surface area contributed by atoms with Crippen molar-refractivity contribution in [1.29, 1.82) is 0 Å². The molecule has 0 bridgehead atoms. The highest BCUT2D eigenvalue weighted by Crippen LogP contribution is 2.28. The Balaban J connectivity index is 2.30. The third-order valence-electron chi connectivity index (χ3n) is 4.50. The normalized spacial score (nSPS) is 12.5. The van der Waals surface area contributed by atoms with Crippen LogP contribution < -0.4 is 4.74 Å². The molecule has 0 aliphatic heterocycles. The van der Waals surface area contributed by atoms with Crippen LogP contribution in [0.5, 0.6) is 5.75 Å². The number of carbonyl (C=O) groups excluding carboxylic acids is 2. The predicted molar refractivity (Wildman–Crippen MR) is 116 cm³/mol. The SMILES string of the molecule is CCN(CC)S(=O)(=O)c1cc(C(=O)OC(C)C(=O)c2ccc(Br)cc2)ccc1OC. The van der Waals surface area contributed by atoms with E-state index in [0.717, 1.165) is 4.47 Å². The standard InChI is InChI=1S/C21H24BrNO6S/c1-5-23(6-2)30(26,27)19-13-16(9-12-18(19)28-4)21(25)29-14(3)20(24)15-7-10-17(22)11-8-15/h7-14H,5-6H2,1-4H3. The molecule has 0 aromatic heterocycles. The predicted octanol–water partition coefficient (Wildman–Crippen LogP) is 3.92. The molecule has 1 atom stereocenters. The molecule has 9 heteroatoms. The Morgan fingerprint density at radius 3 is 2.13 bits per heavy atom. The van der Waals surface area contributed by atoms with E-state index in [9.17, 15) is 18.0 Å². The summed E-state index contributed by atoms with van der Waals surface area (Å²) in [5.74, 6) is -1.04. The van der Waals surface area contributed by atoms with Crippen molar-refractivity contribution in [2.24, 2.45) is 0 Å². The highest BCUT2D eigenvalue weighted by atomic mass is 79.9. The van der Waals surface area contributed by atoms with Gasteiger partial charge in [0.2, 0.25) is 15.8 Å². The zero-order valence-electron chi connectivity index (χ0n) is 17.2. The van der Waals surface area contributed by atoms with E-state index < -0.39 is 22.1 Å². The van der Waals surface area contributed by atoms with Crippen LogP contribution in [0.1, 0.15) is 41.5 Å². The minimum atomic E-state index is -3.86. The molecule has 0 fully saturated rings. The molecule has 30 heavy (non-hydrogen) atoms. The van der Waals surface area contributed by atoms with Crippen LogP contribution >= 0.6 is 15.9 Å². The zero-order chi connectivity index (χ0) is 22.5. The van der Waals surface area contributed by atoms with Gasteiger partial charge in [-0.2, -0.15) is 4.31 Å². The van der Waals surface area contributed by atoms with Crippen molar-refractivity contribution in [3.63, 3.8) is 0 Å². The van der Waals surface area contributed by atoms with Crippen LogP contribution in [0.15, 0.2) is 51.8 Å². The Hall–Kier alpha value is -2.23. The van der Waals surface area contributed by atoms with Gasteiger partial charge in [-0.25, -0.2) is 13.2 Å². The van der Waals surface area contributed by atoms with Gasteiger partial charge in [-0.15, -0.1) is 0 Å². The summed E-state index contributed by atoms with van der Waals surface area (Å²) in [4.78, 5) is 25.0. The number of esters is 1. The van der Waals surface area contributed by atoms with Crippen molar-refractivity contribution in [1.82, 2.24) is 4.31 Å². The topological polar surface area (TPSA) is 90.0 Å². The monoisotopic (exact) mass is 497 g/mol. The van der Waals surface area contributed by atoms with E-state index in [1.54, 1.807) is 38.1 Å². The van der Waals surface area contributed by atoms with Gasteiger partial charge in [-0.05, 0) is 37.3 Å². The van der Waals surface area contributed by atoms with Gasteiger partial charge in [0, 0.05) is 23.1 Å². The van der Waals surface area contributed by atoms with Gasteiger partial charge >= 0.3 is 5.97 Å². The quantitative estimate of drug-likeness (QED) is 0.385. The number of rotatable bonds is 9. The zero-order valence-corrected chi connectivity index (χ0v) is 19.6. The average molecular weight is 498 g/mol. The van der Waals surface area contributed by atoms with E-state index >= 15 is 0 Å². The van der Waals surface area contributed by atoms with E-state index in [1.165, 1.54) is 36.5 Å². The van der Waals surface area contributed by atoms with Crippen LogP contribution in [0.3, 0.4) is 0 Å². The summed E-state index contributed by atoms with van der Waals surface area (Å²) < 4.78 is 38.4. The fourth-order valence-corrected chi connectivity index (χ4v) is 4.74. The lowest BCUT2D eigenvalue weighted by Crippen LogP contribution is -2.31. The molecule has 0 aliphatic rings. The molecule has 0 spiro atoms. The summed E-state index contributed by atoms with van der Waals surface area (Å²) in [6.07, 6.45) is -1.04. The summed E-state index contributed by atoms with van der Waals surface area (Å²) in [6.45, 7) is 5.46. The first-order valence-corrected chi connectivity index (χ1v) is 11.6. The van der Waals surface area contributed by atoms with Crippen LogP contribution in [0, 0.1) is 0 Å². The van der Waals surface area contributed by atoms with Crippen LogP contribution in [0.2, 0.25) is 0 Å². The van der Waals surface area contributed by atoms with Crippen LogP contribution in [-0.4, -0.2) is 50.8 Å². The lowest BCUT2D eigenvalue weighted by Gasteiger charge is -2.20. The molecular weight excluding hydrogens is 474 g/mol. The number of benzene rings is 2. The van der Waals surface area contributed by atoms with Gasteiger partial charge in [0.1, 0.15) is 10.6 Å².